The third kappa shape index (κ3) is 7.69. The number of aliphatic hydroxyl groups is 1. The van der Waals surface area contributed by atoms with Gasteiger partial charge in [-0.3, -0.25) is 9.59 Å². The number of aliphatic hydroxyl groups excluding tert-OH is 1. The highest BCUT2D eigenvalue weighted by Gasteiger charge is 2.17. The van der Waals surface area contributed by atoms with Gasteiger partial charge in [0.25, 0.3) is 0 Å². The van der Waals surface area contributed by atoms with Crippen LogP contribution in [0.2, 0.25) is 0 Å². The third-order valence-electron chi connectivity index (χ3n) is 1.82. The highest BCUT2D eigenvalue weighted by atomic mass is 16.5. The van der Waals surface area contributed by atoms with Gasteiger partial charge in [-0.15, -0.1) is 0 Å². The van der Waals surface area contributed by atoms with Gasteiger partial charge in [0.15, 0.2) is 0 Å². The van der Waals surface area contributed by atoms with Gasteiger partial charge in [0.1, 0.15) is 6.61 Å². The Bertz CT molecular complexity index is 224. The highest BCUT2D eigenvalue weighted by molar-refractivity contribution is 5.72. The molecule has 5 nitrogen and oxygen atoms in total. The van der Waals surface area contributed by atoms with E-state index in [-0.39, 0.29) is 38.4 Å². The van der Waals surface area contributed by atoms with Crippen LogP contribution in [0.25, 0.3) is 0 Å². The van der Waals surface area contributed by atoms with Crippen LogP contribution < -0.4 is 0 Å². The molecule has 0 heterocycles. The summed E-state index contributed by atoms with van der Waals surface area (Å²) in [7, 11) is 0. The molecule has 0 aromatic rings. The number of aliphatic carboxylic acids is 1. The van der Waals surface area contributed by atoms with E-state index in [4.69, 9.17) is 14.9 Å². The van der Waals surface area contributed by atoms with Gasteiger partial charge in [-0.2, -0.15) is 0 Å². The lowest BCUT2D eigenvalue weighted by atomic mass is 9.98. The van der Waals surface area contributed by atoms with Gasteiger partial charge in [-0.05, 0) is 12.3 Å². The van der Waals surface area contributed by atoms with Gasteiger partial charge in [-0.1, -0.05) is 12.7 Å². The van der Waals surface area contributed by atoms with E-state index in [9.17, 15) is 9.59 Å². The van der Waals surface area contributed by atoms with Gasteiger partial charge in [-0.25, -0.2) is 0 Å². The first kappa shape index (κ1) is 13.6. The first-order valence-corrected chi connectivity index (χ1v) is 4.69. The first-order chi connectivity index (χ1) is 7.10. The number of ether oxygens (including phenoxy) is 1. The van der Waals surface area contributed by atoms with Crippen molar-refractivity contribution in [2.75, 3.05) is 13.2 Å². The lowest BCUT2D eigenvalue weighted by Gasteiger charge is -2.11. The Morgan fingerprint density at radius 2 is 2.07 bits per heavy atom. The summed E-state index contributed by atoms with van der Waals surface area (Å²) in [5.41, 5.74) is 0. The quantitative estimate of drug-likeness (QED) is 0.458. The molecule has 0 fully saturated rings. The maximum absolute atomic E-state index is 11.1. The Labute approximate surface area is 88.4 Å². The third-order valence-corrected chi connectivity index (χ3v) is 1.82. The van der Waals surface area contributed by atoms with Crippen molar-refractivity contribution in [3.8, 4) is 0 Å². The van der Waals surface area contributed by atoms with Crippen LogP contribution in [0.4, 0.5) is 0 Å². The fourth-order valence-electron chi connectivity index (χ4n) is 1.15. The van der Waals surface area contributed by atoms with E-state index < -0.39 is 11.9 Å². The number of carboxylic acids is 1. The lowest BCUT2D eigenvalue weighted by Crippen LogP contribution is -2.16. The summed E-state index contributed by atoms with van der Waals surface area (Å²) in [5.74, 6) is -1.82. The number of hydrogen-bond acceptors (Lipinski definition) is 4. The van der Waals surface area contributed by atoms with Crippen LogP contribution in [0.5, 0.6) is 0 Å². The Balaban J connectivity index is 3.97. The number of carboxylic acid groups (broad SMARTS) is 1. The van der Waals surface area contributed by atoms with Crippen LogP contribution >= 0.6 is 0 Å². The largest absolute Gasteiger partial charge is 0.481 e. The number of hydrogen-bond donors (Lipinski definition) is 2. The predicted molar refractivity (Wildman–Crippen MR) is 53.2 cm³/mol. The standard InChI is InChI=1S/C10H16O5/c1-2-5-15-10(14)7-8(3-4-11)6-9(12)13/h2,8,11H,1,3-7H2,(H,12,13). The van der Waals surface area contributed by atoms with E-state index in [0.717, 1.165) is 0 Å². The number of rotatable bonds is 8. The lowest BCUT2D eigenvalue weighted by molar-refractivity contribution is -0.144. The summed E-state index contributed by atoms with van der Waals surface area (Å²) in [6.07, 6.45) is 1.61. The van der Waals surface area contributed by atoms with E-state index in [1.165, 1.54) is 6.08 Å². The average molecular weight is 216 g/mol. The number of carbonyl (C=O) groups excluding carboxylic acids is 1. The van der Waals surface area contributed by atoms with E-state index in [0.29, 0.717) is 0 Å². The molecule has 0 spiro atoms. The molecule has 2 N–H and O–H groups in total. The molecule has 0 rings (SSSR count). The Morgan fingerprint density at radius 1 is 1.40 bits per heavy atom. The number of carbonyl (C=O) groups is 2. The van der Waals surface area contributed by atoms with E-state index in [2.05, 4.69) is 6.58 Å². The van der Waals surface area contributed by atoms with Crippen molar-refractivity contribution in [1.29, 1.82) is 0 Å². The fourth-order valence-corrected chi connectivity index (χ4v) is 1.15. The molecule has 5 heteroatoms. The molecule has 0 amide bonds. The SMILES string of the molecule is C=CCOC(=O)CC(CCO)CC(=O)O. The van der Waals surface area contributed by atoms with Gasteiger partial charge in [0, 0.05) is 19.4 Å². The normalized spacial score (nSPS) is 11.8. The van der Waals surface area contributed by atoms with Crippen LogP contribution in [0.1, 0.15) is 19.3 Å². The van der Waals surface area contributed by atoms with Crippen molar-refractivity contribution in [2.45, 2.75) is 19.3 Å². The summed E-state index contributed by atoms with van der Waals surface area (Å²) < 4.78 is 4.72. The topological polar surface area (TPSA) is 83.8 Å². The molecular weight excluding hydrogens is 200 g/mol. The van der Waals surface area contributed by atoms with Crippen molar-refractivity contribution in [3.05, 3.63) is 12.7 Å². The Morgan fingerprint density at radius 3 is 2.53 bits per heavy atom. The predicted octanol–water partition coefficient (Wildman–Crippen LogP) is 0.579. The molecule has 0 aliphatic rings. The molecule has 0 saturated carbocycles. The Kier molecular flexibility index (Phi) is 7.27. The summed E-state index contributed by atoms with van der Waals surface area (Å²) in [5, 5.41) is 17.2. The molecular formula is C10H16O5. The summed E-state index contributed by atoms with van der Waals surface area (Å²) in [6, 6.07) is 0. The fraction of sp³-hybridized carbons (Fsp3) is 0.600. The van der Waals surface area contributed by atoms with Crippen molar-refractivity contribution in [3.63, 3.8) is 0 Å². The van der Waals surface area contributed by atoms with Crippen LogP contribution in [-0.4, -0.2) is 35.4 Å². The minimum atomic E-state index is -0.982. The van der Waals surface area contributed by atoms with Crippen LogP contribution in [0.15, 0.2) is 12.7 Å². The molecule has 0 aliphatic carbocycles. The number of esters is 1. The van der Waals surface area contributed by atoms with Gasteiger partial charge in [0.05, 0.1) is 0 Å². The second-order valence-electron chi connectivity index (χ2n) is 3.15. The van der Waals surface area contributed by atoms with E-state index >= 15 is 0 Å². The zero-order valence-electron chi connectivity index (χ0n) is 8.52. The maximum atomic E-state index is 11.1. The zero-order chi connectivity index (χ0) is 11.7. The van der Waals surface area contributed by atoms with E-state index in [1.807, 2.05) is 0 Å². The Hall–Kier alpha value is -1.36. The van der Waals surface area contributed by atoms with Crippen LogP contribution in [0.3, 0.4) is 0 Å². The van der Waals surface area contributed by atoms with E-state index in [1.54, 1.807) is 0 Å². The van der Waals surface area contributed by atoms with Crippen LogP contribution in [-0.2, 0) is 14.3 Å². The second-order valence-corrected chi connectivity index (χ2v) is 3.15. The molecule has 1 atom stereocenters. The second kappa shape index (κ2) is 7.99. The van der Waals surface area contributed by atoms with Crippen LogP contribution in [0, 0.1) is 5.92 Å². The summed E-state index contributed by atoms with van der Waals surface area (Å²) >= 11 is 0. The molecule has 1 unspecified atom stereocenters. The molecule has 0 aromatic heterocycles. The first-order valence-electron chi connectivity index (χ1n) is 4.69. The zero-order valence-corrected chi connectivity index (χ0v) is 8.52. The molecule has 0 radical (unpaired) electrons. The molecule has 15 heavy (non-hydrogen) atoms. The van der Waals surface area contributed by atoms with Gasteiger partial charge >= 0.3 is 11.9 Å². The molecule has 0 saturated heterocycles. The monoisotopic (exact) mass is 216 g/mol. The highest BCUT2D eigenvalue weighted by Crippen LogP contribution is 2.14. The average Bonchev–Trinajstić information content (AvgIpc) is 2.14. The molecule has 0 aromatic carbocycles. The smallest absolute Gasteiger partial charge is 0.306 e. The van der Waals surface area contributed by atoms with Crippen molar-refractivity contribution < 1.29 is 24.5 Å². The summed E-state index contributed by atoms with van der Waals surface area (Å²) in [6.45, 7) is 3.38. The minimum absolute atomic E-state index is 0.0146. The molecule has 0 aliphatic heterocycles. The maximum Gasteiger partial charge on any atom is 0.306 e. The van der Waals surface area contributed by atoms with Crippen molar-refractivity contribution in [1.82, 2.24) is 0 Å². The summed E-state index contributed by atoms with van der Waals surface area (Å²) in [4.78, 5) is 21.6. The molecule has 0 bridgehead atoms. The van der Waals surface area contributed by atoms with Gasteiger partial charge < -0.3 is 14.9 Å². The van der Waals surface area contributed by atoms with Gasteiger partial charge in [0.2, 0.25) is 0 Å². The molecule has 86 valence electrons. The minimum Gasteiger partial charge on any atom is -0.481 e. The van der Waals surface area contributed by atoms with Crippen molar-refractivity contribution in [2.24, 2.45) is 5.92 Å². The van der Waals surface area contributed by atoms with Crippen molar-refractivity contribution >= 4 is 11.9 Å².